The molecule has 0 aliphatic heterocycles. The number of hydrogen-bond donors (Lipinski definition) is 2. The number of nitrogens with two attached hydrogens (primary N) is 1. The number of rotatable bonds is 2. The summed E-state index contributed by atoms with van der Waals surface area (Å²) in [6, 6.07) is 8.57. The Bertz CT molecular complexity index is 570. The molecule has 0 unspecified atom stereocenters. The Labute approximate surface area is 116 Å². The molecule has 0 aliphatic rings. The van der Waals surface area contributed by atoms with E-state index >= 15 is 0 Å². The van der Waals surface area contributed by atoms with E-state index < -0.39 is 0 Å². The molecular weight excluding hydrogens is 324 g/mol. The summed E-state index contributed by atoms with van der Waals surface area (Å²) in [6.45, 7) is 0. The molecule has 0 spiro atoms. The van der Waals surface area contributed by atoms with E-state index in [1.54, 1.807) is 24.3 Å². The maximum atomic E-state index is 11.8. The molecule has 2 aromatic rings. The standard InChI is InChI=1S/C11H8BrClN2OS/c12-10-4-3-9(17-10)11(16)15-6-1-2-7(13)8(14)5-6/h1-5H,14H2,(H,15,16). The highest BCUT2D eigenvalue weighted by Crippen LogP contribution is 2.25. The van der Waals surface area contributed by atoms with Crippen molar-refractivity contribution >= 4 is 56.1 Å². The lowest BCUT2D eigenvalue weighted by Crippen LogP contribution is -2.10. The van der Waals surface area contributed by atoms with E-state index in [9.17, 15) is 4.79 Å². The van der Waals surface area contributed by atoms with Gasteiger partial charge in [0.15, 0.2) is 0 Å². The smallest absolute Gasteiger partial charge is 0.265 e. The lowest BCUT2D eigenvalue weighted by molar-refractivity contribution is 0.103. The molecule has 3 N–H and O–H groups in total. The fourth-order valence-corrected chi connectivity index (χ4v) is 2.65. The van der Waals surface area contributed by atoms with Gasteiger partial charge in [-0.25, -0.2) is 0 Å². The topological polar surface area (TPSA) is 55.1 Å². The Morgan fingerprint density at radius 3 is 2.71 bits per heavy atom. The molecule has 1 heterocycles. The van der Waals surface area contributed by atoms with Crippen LogP contribution in [0.1, 0.15) is 9.67 Å². The van der Waals surface area contributed by atoms with Crippen molar-refractivity contribution in [1.29, 1.82) is 0 Å². The summed E-state index contributed by atoms with van der Waals surface area (Å²) in [4.78, 5) is 12.5. The molecular formula is C11H8BrClN2OS. The van der Waals surface area contributed by atoms with Crippen LogP contribution in [0, 0.1) is 0 Å². The van der Waals surface area contributed by atoms with Gasteiger partial charge >= 0.3 is 0 Å². The summed E-state index contributed by atoms with van der Waals surface area (Å²) in [5, 5.41) is 3.23. The highest BCUT2D eigenvalue weighted by Gasteiger charge is 2.09. The van der Waals surface area contributed by atoms with Gasteiger partial charge in [-0.15, -0.1) is 11.3 Å². The van der Waals surface area contributed by atoms with Crippen LogP contribution in [0.4, 0.5) is 11.4 Å². The predicted molar refractivity (Wildman–Crippen MR) is 75.8 cm³/mol. The second kappa shape index (κ2) is 5.08. The van der Waals surface area contributed by atoms with Gasteiger partial charge in [0.1, 0.15) is 0 Å². The van der Waals surface area contributed by atoms with Crippen LogP contribution >= 0.6 is 38.9 Å². The highest BCUT2D eigenvalue weighted by molar-refractivity contribution is 9.11. The monoisotopic (exact) mass is 330 g/mol. The van der Waals surface area contributed by atoms with Crippen LogP contribution < -0.4 is 11.1 Å². The number of hydrogen-bond acceptors (Lipinski definition) is 3. The van der Waals surface area contributed by atoms with Gasteiger partial charge in [0, 0.05) is 5.69 Å². The molecule has 6 heteroatoms. The first-order valence-corrected chi connectivity index (χ1v) is 6.67. The van der Waals surface area contributed by atoms with Gasteiger partial charge in [0.05, 0.1) is 19.4 Å². The average molecular weight is 332 g/mol. The molecule has 0 bridgehead atoms. The van der Waals surface area contributed by atoms with E-state index in [1.807, 2.05) is 6.07 Å². The molecule has 2 rings (SSSR count). The zero-order valence-corrected chi connectivity index (χ0v) is 11.7. The predicted octanol–water partition coefficient (Wildman–Crippen LogP) is 4.00. The van der Waals surface area contributed by atoms with Crippen LogP contribution in [-0.4, -0.2) is 5.91 Å². The molecule has 0 aliphatic carbocycles. The minimum atomic E-state index is -0.164. The first kappa shape index (κ1) is 12.4. The summed E-state index contributed by atoms with van der Waals surface area (Å²) in [5.41, 5.74) is 6.72. The largest absolute Gasteiger partial charge is 0.397 e. The van der Waals surface area contributed by atoms with E-state index in [2.05, 4.69) is 21.2 Å². The number of carbonyl (C=O) groups excluding carboxylic acids is 1. The summed E-state index contributed by atoms with van der Waals surface area (Å²) in [5.74, 6) is -0.164. The Kier molecular flexibility index (Phi) is 3.71. The molecule has 0 fully saturated rings. The molecule has 88 valence electrons. The first-order chi connectivity index (χ1) is 8.06. The van der Waals surface area contributed by atoms with E-state index in [0.29, 0.717) is 21.3 Å². The second-order valence-electron chi connectivity index (χ2n) is 3.29. The van der Waals surface area contributed by atoms with Gasteiger partial charge < -0.3 is 11.1 Å². The van der Waals surface area contributed by atoms with Gasteiger partial charge in [-0.05, 0) is 46.3 Å². The number of nitrogens with one attached hydrogen (secondary N) is 1. The van der Waals surface area contributed by atoms with Crippen molar-refractivity contribution < 1.29 is 4.79 Å². The zero-order valence-electron chi connectivity index (χ0n) is 8.54. The van der Waals surface area contributed by atoms with Crippen molar-refractivity contribution in [2.45, 2.75) is 0 Å². The molecule has 1 aromatic heterocycles. The summed E-state index contributed by atoms with van der Waals surface area (Å²) >= 11 is 10.5. The summed E-state index contributed by atoms with van der Waals surface area (Å²) in [7, 11) is 0. The number of anilines is 2. The molecule has 1 aromatic carbocycles. The number of carbonyl (C=O) groups is 1. The number of amides is 1. The van der Waals surface area contributed by atoms with E-state index in [-0.39, 0.29) is 5.91 Å². The zero-order chi connectivity index (χ0) is 12.4. The van der Waals surface area contributed by atoms with Crippen LogP contribution in [-0.2, 0) is 0 Å². The quantitative estimate of drug-likeness (QED) is 0.817. The number of halogens is 2. The summed E-state index contributed by atoms with van der Waals surface area (Å²) < 4.78 is 0.915. The van der Waals surface area contributed by atoms with Crippen LogP contribution in [0.25, 0.3) is 0 Å². The normalized spacial score (nSPS) is 10.2. The van der Waals surface area contributed by atoms with Gasteiger partial charge in [-0.3, -0.25) is 4.79 Å². The van der Waals surface area contributed by atoms with Crippen LogP contribution in [0.2, 0.25) is 5.02 Å². The molecule has 0 radical (unpaired) electrons. The van der Waals surface area contributed by atoms with Crippen molar-refractivity contribution in [2.75, 3.05) is 11.1 Å². The van der Waals surface area contributed by atoms with Crippen molar-refractivity contribution in [3.63, 3.8) is 0 Å². The third-order valence-electron chi connectivity index (χ3n) is 2.05. The Morgan fingerprint density at radius 2 is 2.12 bits per heavy atom. The number of benzene rings is 1. The van der Waals surface area contributed by atoms with Crippen molar-refractivity contribution in [3.8, 4) is 0 Å². The third kappa shape index (κ3) is 3.00. The molecule has 0 saturated carbocycles. The molecule has 0 atom stereocenters. The Balaban J connectivity index is 2.15. The maximum absolute atomic E-state index is 11.8. The van der Waals surface area contributed by atoms with Crippen LogP contribution in [0.5, 0.6) is 0 Å². The van der Waals surface area contributed by atoms with E-state index in [4.69, 9.17) is 17.3 Å². The minimum Gasteiger partial charge on any atom is -0.397 e. The fraction of sp³-hybridized carbons (Fsp3) is 0. The minimum absolute atomic E-state index is 0.164. The highest BCUT2D eigenvalue weighted by atomic mass is 79.9. The fourth-order valence-electron chi connectivity index (χ4n) is 1.25. The molecule has 0 saturated heterocycles. The first-order valence-electron chi connectivity index (χ1n) is 4.68. The van der Waals surface area contributed by atoms with E-state index in [1.165, 1.54) is 11.3 Å². The molecule has 3 nitrogen and oxygen atoms in total. The van der Waals surface area contributed by atoms with Crippen LogP contribution in [0.15, 0.2) is 34.1 Å². The Morgan fingerprint density at radius 1 is 1.35 bits per heavy atom. The lowest BCUT2D eigenvalue weighted by Gasteiger charge is -2.05. The second-order valence-corrected chi connectivity index (χ2v) is 6.16. The van der Waals surface area contributed by atoms with Crippen molar-refractivity contribution in [2.24, 2.45) is 0 Å². The van der Waals surface area contributed by atoms with Gasteiger partial charge in [0.2, 0.25) is 0 Å². The maximum Gasteiger partial charge on any atom is 0.265 e. The molecule has 17 heavy (non-hydrogen) atoms. The third-order valence-corrected chi connectivity index (χ3v) is 4.02. The summed E-state index contributed by atoms with van der Waals surface area (Å²) in [6.07, 6.45) is 0. The SMILES string of the molecule is Nc1cc(NC(=O)c2ccc(Br)s2)ccc1Cl. The van der Waals surface area contributed by atoms with E-state index in [0.717, 1.165) is 3.79 Å². The average Bonchev–Trinajstić information content (AvgIpc) is 2.70. The number of nitrogen functional groups attached to an aromatic ring is 1. The number of thiophene rings is 1. The molecule has 1 amide bonds. The van der Waals surface area contributed by atoms with Crippen molar-refractivity contribution in [3.05, 3.63) is 44.0 Å². The van der Waals surface area contributed by atoms with Gasteiger partial charge in [0.25, 0.3) is 5.91 Å². The van der Waals surface area contributed by atoms with Crippen molar-refractivity contribution in [1.82, 2.24) is 0 Å². The Hall–Kier alpha value is -1.04. The lowest BCUT2D eigenvalue weighted by atomic mass is 10.3. The van der Waals surface area contributed by atoms with Gasteiger partial charge in [-0.2, -0.15) is 0 Å². The van der Waals surface area contributed by atoms with Crippen LogP contribution in [0.3, 0.4) is 0 Å². The van der Waals surface area contributed by atoms with Gasteiger partial charge in [-0.1, -0.05) is 11.6 Å².